The molecule has 1 aromatic heterocycles. The van der Waals surface area contributed by atoms with E-state index < -0.39 is 10.1 Å². The van der Waals surface area contributed by atoms with Crippen LogP contribution in [-0.2, 0) is 28.0 Å². The first-order valence-electron chi connectivity index (χ1n) is 3.89. The molecule has 0 unspecified atom stereocenters. The Morgan fingerprint density at radius 3 is 2.71 bits per heavy atom. The summed E-state index contributed by atoms with van der Waals surface area (Å²) in [6.07, 6.45) is 2.53. The molecule has 6 heteroatoms. The van der Waals surface area contributed by atoms with Crippen molar-refractivity contribution in [3.05, 3.63) is 34.2 Å². The maximum absolute atomic E-state index is 11.4. The maximum atomic E-state index is 11.4. The van der Waals surface area contributed by atoms with E-state index in [1.165, 1.54) is 10.6 Å². The van der Waals surface area contributed by atoms with Gasteiger partial charge >= 0.3 is 0 Å². The molecule has 0 aliphatic rings. The lowest BCUT2D eigenvalue weighted by Gasteiger charge is -2.02. The first kappa shape index (κ1) is 10.9. The number of nitrogens with zero attached hydrogens (tertiary/aromatic N) is 1. The predicted octanol–water partition coefficient (Wildman–Crippen LogP) is -0.139. The van der Waals surface area contributed by atoms with Crippen LogP contribution in [0.5, 0.6) is 0 Å². The molecule has 0 spiro atoms. The van der Waals surface area contributed by atoms with E-state index in [1.807, 2.05) is 0 Å². The molecular weight excluding hydrogens is 206 g/mol. The first-order valence-corrected chi connectivity index (χ1v) is 5.71. The lowest BCUT2D eigenvalue weighted by Crippen LogP contribution is -2.21. The third-order valence-electron chi connectivity index (χ3n) is 1.63. The van der Waals surface area contributed by atoms with Crippen LogP contribution in [0.2, 0.25) is 0 Å². The Morgan fingerprint density at radius 2 is 2.14 bits per heavy atom. The second kappa shape index (κ2) is 3.93. The number of hydrogen-bond donors (Lipinski definition) is 0. The second-order valence-corrected chi connectivity index (χ2v) is 4.56. The van der Waals surface area contributed by atoms with Crippen LogP contribution < -0.4 is 5.56 Å². The van der Waals surface area contributed by atoms with E-state index in [9.17, 15) is 13.2 Å². The molecule has 0 fully saturated rings. The quantitative estimate of drug-likeness (QED) is 0.661. The van der Waals surface area contributed by atoms with E-state index in [4.69, 9.17) is 0 Å². The fraction of sp³-hybridized carbons (Fsp3) is 0.375. The van der Waals surface area contributed by atoms with Crippen LogP contribution in [0.15, 0.2) is 23.1 Å². The van der Waals surface area contributed by atoms with E-state index in [2.05, 4.69) is 4.18 Å². The highest BCUT2D eigenvalue weighted by molar-refractivity contribution is 7.85. The van der Waals surface area contributed by atoms with E-state index in [1.54, 1.807) is 19.3 Å². The normalized spacial score (nSPS) is 11.6. The molecule has 0 aliphatic carbocycles. The van der Waals surface area contributed by atoms with Crippen LogP contribution in [-0.4, -0.2) is 19.2 Å². The first-order chi connectivity index (χ1) is 6.40. The molecule has 0 saturated carbocycles. The largest absolute Gasteiger partial charge is 0.318 e. The summed E-state index contributed by atoms with van der Waals surface area (Å²) in [5.74, 6) is 0. The molecule has 0 N–H and O–H groups in total. The Morgan fingerprint density at radius 1 is 1.50 bits per heavy atom. The van der Waals surface area contributed by atoms with E-state index in [0.29, 0.717) is 5.56 Å². The van der Waals surface area contributed by atoms with Gasteiger partial charge in [0, 0.05) is 18.8 Å². The van der Waals surface area contributed by atoms with Crippen molar-refractivity contribution < 1.29 is 12.6 Å². The van der Waals surface area contributed by atoms with Crippen molar-refractivity contribution in [1.82, 2.24) is 4.57 Å². The molecule has 1 aromatic rings. The number of pyridine rings is 1. The minimum atomic E-state index is -3.50. The molecule has 14 heavy (non-hydrogen) atoms. The molecule has 0 saturated heterocycles. The summed E-state index contributed by atoms with van der Waals surface area (Å²) in [6, 6.07) is 3.19. The third-order valence-corrected chi connectivity index (χ3v) is 2.18. The van der Waals surface area contributed by atoms with Gasteiger partial charge in [0.2, 0.25) is 0 Å². The molecule has 0 aromatic carbocycles. The zero-order chi connectivity index (χ0) is 10.8. The summed E-state index contributed by atoms with van der Waals surface area (Å²) in [6.45, 7) is -0.216. The maximum Gasteiger partial charge on any atom is 0.264 e. The van der Waals surface area contributed by atoms with Gasteiger partial charge in [-0.1, -0.05) is 0 Å². The number of rotatable bonds is 3. The highest BCUT2D eigenvalue weighted by atomic mass is 32.2. The van der Waals surface area contributed by atoms with Gasteiger partial charge < -0.3 is 4.57 Å². The summed E-state index contributed by atoms with van der Waals surface area (Å²) in [7, 11) is -1.91. The summed E-state index contributed by atoms with van der Waals surface area (Å²) in [4.78, 5) is 11.4. The van der Waals surface area contributed by atoms with Gasteiger partial charge in [-0.15, -0.1) is 0 Å². The average molecular weight is 217 g/mol. The molecular formula is C8H11NO4S. The summed E-state index contributed by atoms with van der Waals surface area (Å²) < 4.78 is 27.2. The van der Waals surface area contributed by atoms with Crippen molar-refractivity contribution in [1.29, 1.82) is 0 Å². The predicted molar refractivity (Wildman–Crippen MR) is 51.3 cm³/mol. The molecule has 1 heterocycles. The van der Waals surface area contributed by atoms with Crippen LogP contribution >= 0.6 is 0 Å². The van der Waals surface area contributed by atoms with Crippen LogP contribution in [0.4, 0.5) is 0 Å². The molecule has 0 amide bonds. The van der Waals surface area contributed by atoms with Crippen LogP contribution in [0.3, 0.4) is 0 Å². The van der Waals surface area contributed by atoms with Crippen molar-refractivity contribution in [2.45, 2.75) is 6.61 Å². The van der Waals surface area contributed by atoms with E-state index in [0.717, 1.165) is 6.26 Å². The van der Waals surface area contributed by atoms with E-state index >= 15 is 0 Å². The topological polar surface area (TPSA) is 65.4 Å². The van der Waals surface area contributed by atoms with Crippen LogP contribution in [0.1, 0.15) is 5.56 Å². The Kier molecular flexibility index (Phi) is 3.07. The van der Waals surface area contributed by atoms with Gasteiger partial charge in [0.05, 0.1) is 12.9 Å². The smallest absolute Gasteiger partial charge is 0.264 e. The fourth-order valence-electron chi connectivity index (χ4n) is 0.934. The monoisotopic (exact) mass is 217 g/mol. The van der Waals surface area contributed by atoms with Gasteiger partial charge in [0.1, 0.15) is 0 Å². The van der Waals surface area contributed by atoms with Crippen molar-refractivity contribution >= 4 is 10.1 Å². The van der Waals surface area contributed by atoms with Crippen molar-refractivity contribution in [2.24, 2.45) is 7.05 Å². The molecule has 0 radical (unpaired) electrons. The van der Waals surface area contributed by atoms with Crippen LogP contribution in [0.25, 0.3) is 0 Å². The highest BCUT2D eigenvalue weighted by Crippen LogP contribution is 1.97. The Labute approximate surface area is 82.1 Å². The second-order valence-electron chi connectivity index (χ2n) is 2.92. The Bertz CT molecular complexity index is 474. The van der Waals surface area contributed by atoms with Crippen molar-refractivity contribution in [3.8, 4) is 0 Å². The Hall–Kier alpha value is -1.14. The molecule has 0 atom stereocenters. The Balaban J connectivity index is 2.89. The van der Waals surface area contributed by atoms with Crippen molar-refractivity contribution in [3.63, 3.8) is 0 Å². The number of aromatic nitrogens is 1. The third kappa shape index (κ3) is 2.97. The molecule has 0 bridgehead atoms. The molecule has 78 valence electrons. The zero-order valence-electron chi connectivity index (χ0n) is 7.93. The highest BCUT2D eigenvalue weighted by Gasteiger charge is 2.05. The van der Waals surface area contributed by atoms with Gasteiger partial charge in [0.25, 0.3) is 15.7 Å². The number of hydrogen-bond acceptors (Lipinski definition) is 4. The van der Waals surface area contributed by atoms with Gasteiger partial charge in [-0.3, -0.25) is 8.98 Å². The molecule has 1 rings (SSSR count). The zero-order valence-corrected chi connectivity index (χ0v) is 8.74. The number of aryl methyl sites for hydroxylation is 1. The minimum Gasteiger partial charge on any atom is -0.318 e. The fourth-order valence-corrected chi connectivity index (χ4v) is 1.28. The SMILES string of the molecule is Cn1cccc(COS(C)(=O)=O)c1=O. The average Bonchev–Trinajstić information content (AvgIpc) is 2.06. The summed E-state index contributed by atoms with van der Waals surface area (Å²) >= 11 is 0. The lowest BCUT2D eigenvalue weighted by atomic mass is 10.3. The summed E-state index contributed by atoms with van der Waals surface area (Å²) in [5.41, 5.74) is 0.0663. The van der Waals surface area contributed by atoms with Gasteiger partial charge in [0.15, 0.2) is 0 Å². The molecule has 5 nitrogen and oxygen atoms in total. The van der Waals surface area contributed by atoms with Gasteiger partial charge in [-0.25, -0.2) is 0 Å². The minimum absolute atomic E-state index is 0.216. The summed E-state index contributed by atoms with van der Waals surface area (Å²) in [5, 5.41) is 0. The van der Waals surface area contributed by atoms with E-state index in [-0.39, 0.29) is 12.2 Å². The van der Waals surface area contributed by atoms with Crippen LogP contribution in [0, 0.1) is 0 Å². The lowest BCUT2D eigenvalue weighted by molar-refractivity contribution is 0.309. The van der Waals surface area contributed by atoms with Gasteiger partial charge in [-0.05, 0) is 12.1 Å². The van der Waals surface area contributed by atoms with Crippen molar-refractivity contribution in [2.75, 3.05) is 6.26 Å². The van der Waals surface area contributed by atoms with Gasteiger partial charge in [-0.2, -0.15) is 8.42 Å². The molecule has 0 aliphatic heterocycles. The standard InChI is InChI=1S/C8H11NO4S/c1-9-5-3-4-7(8(9)10)6-13-14(2,11)12/h3-5H,6H2,1-2H3.